The van der Waals surface area contributed by atoms with Gasteiger partial charge in [0.15, 0.2) is 5.88 Å². The van der Waals surface area contributed by atoms with Crippen molar-refractivity contribution in [1.82, 2.24) is 15.6 Å². The molecular formula is C17H32N4O3. The number of rotatable bonds is 8. The number of H-pyrrole nitrogens is 1. The van der Waals surface area contributed by atoms with Gasteiger partial charge in [0.1, 0.15) is 6.23 Å². The highest BCUT2D eigenvalue weighted by Crippen LogP contribution is 2.16. The van der Waals surface area contributed by atoms with E-state index in [0.717, 1.165) is 0 Å². The van der Waals surface area contributed by atoms with E-state index in [1.54, 1.807) is 19.5 Å². The van der Waals surface area contributed by atoms with Crippen molar-refractivity contribution in [1.29, 1.82) is 0 Å². The van der Waals surface area contributed by atoms with Gasteiger partial charge in [-0.15, -0.1) is 0 Å². The first kappa shape index (κ1) is 20.6. The monoisotopic (exact) mass is 340 g/mol. The molecule has 0 aromatic carbocycles. The van der Waals surface area contributed by atoms with Gasteiger partial charge in [-0.1, -0.05) is 5.17 Å². The first-order valence-corrected chi connectivity index (χ1v) is 8.15. The molecule has 2 N–H and O–H groups in total. The van der Waals surface area contributed by atoms with Crippen molar-refractivity contribution < 1.29 is 14.3 Å². The zero-order valence-corrected chi connectivity index (χ0v) is 16.1. The fourth-order valence-electron chi connectivity index (χ4n) is 1.97. The minimum absolute atomic E-state index is 0.283. The topological polar surface area (TPSA) is 71.1 Å². The normalized spacial score (nSPS) is 15.9. The maximum absolute atomic E-state index is 6.00. The number of hydrogen-bond donors (Lipinski definition) is 2. The van der Waals surface area contributed by atoms with Crippen LogP contribution < -0.4 is 10.2 Å². The lowest BCUT2D eigenvalue weighted by molar-refractivity contribution is -0.312. The number of aliphatic imine (C=N–C) groups is 1. The van der Waals surface area contributed by atoms with Gasteiger partial charge in [-0.25, -0.2) is 5.43 Å². The third-order valence-corrected chi connectivity index (χ3v) is 2.54. The van der Waals surface area contributed by atoms with E-state index in [4.69, 9.17) is 14.3 Å². The van der Waals surface area contributed by atoms with E-state index in [1.165, 1.54) is 5.17 Å². The number of aromatic nitrogens is 1. The summed E-state index contributed by atoms with van der Waals surface area (Å²) in [5, 5.41) is 1.53. The van der Waals surface area contributed by atoms with Crippen molar-refractivity contribution in [2.24, 2.45) is 4.99 Å². The standard InChI is InChI=1S/C17H32N4O3/c1-13(23-16(2,3)4)20-21(24-17(5,6)7)15(12-18-8)22-14-10-9-11-19-14/h9-13,15,19-20H,1-8H3. The molecule has 0 bridgehead atoms. The van der Waals surface area contributed by atoms with Gasteiger partial charge in [-0.2, -0.15) is 0 Å². The maximum Gasteiger partial charge on any atom is 0.226 e. The molecule has 0 aliphatic carbocycles. The summed E-state index contributed by atoms with van der Waals surface area (Å²) in [4.78, 5) is 13.1. The molecule has 0 radical (unpaired) electrons. The number of aromatic amines is 1. The fourth-order valence-corrected chi connectivity index (χ4v) is 1.97. The maximum atomic E-state index is 6.00. The van der Waals surface area contributed by atoms with Crippen molar-refractivity contribution >= 4 is 6.21 Å². The third kappa shape index (κ3) is 8.44. The molecule has 1 rings (SSSR count). The Morgan fingerprint density at radius 1 is 1.21 bits per heavy atom. The Labute approximate surface area is 145 Å². The first-order valence-electron chi connectivity index (χ1n) is 8.15. The average molecular weight is 340 g/mol. The van der Waals surface area contributed by atoms with Gasteiger partial charge in [0.2, 0.25) is 6.23 Å². The predicted molar refractivity (Wildman–Crippen MR) is 95.7 cm³/mol. The molecule has 2 unspecified atom stereocenters. The molecule has 24 heavy (non-hydrogen) atoms. The van der Waals surface area contributed by atoms with Crippen molar-refractivity contribution in [3.63, 3.8) is 0 Å². The van der Waals surface area contributed by atoms with Gasteiger partial charge in [-0.3, -0.25) is 9.83 Å². The molecule has 2 atom stereocenters. The summed E-state index contributed by atoms with van der Waals surface area (Å²) in [5.41, 5.74) is 2.48. The van der Waals surface area contributed by atoms with Gasteiger partial charge in [-0.05, 0) is 60.6 Å². The largest absolute Gasteiger partial charge is 0.451 e. The number of hydrogen-bond acceptors (Lipinski definition) is 6. The van der Waals surface area contributed by atoms with Crippen molar-refractivity contribution in [2.45, 2.75) is 72.1 Å². The Balaban J connectivity index is 2.91. The van der Waals surface area contributed by atoms with Crippen LogP contribution >= 0.6 is 0 Å². The second-order valence-electron chi connectivity index (χ2n) is 7.48. The lowest BCUT2D eigenvalue weighted by Gasteiger charge is -2.36. The Hall–Kier alpha value is -1.41. The van der Waals surface area contributed by atoms with Gasteiger partial charge < -0.3 is 14.5 Å². The number of nitrogens with one attached hydrogen (secondary N) is 2. The SMILES string of the molecule is CN=CC(Oc1ccc[nH]1)N(NC(C)OC(C)(C)C)OC(C)(C)C. The quantitative estimate of drug-likeness (QED) is 0.432. The molecule has 1 aromatic rings. The third-order valence-electron chi connectivity index (χ3n) is 2.54. The Morgan fingerprint density at radius 3 is 2.33 bits per heavy atom. The Morgan fingerprint density at radius 2 is 1.88 bits per heavy atom. The summed E-state index contributed by atoms with van der Waals surface area (Å²) < 4.78 is 11.8. The lowest BCUT2D eigenvalue weighted by atomic mass is 10.2. The summed E-state index contributed by atoms with van der Waals surface area (Å²) in [5.74, 6) is 0.619. The lowest BCUT2D eigenvalue weighted by Crippen LogP contribution is -2.56. The minimum Gasteiger partial charge on any atom is -0.451 e. The first-order chi connectivity index (χ1) is 11.0. The highest BCUT2D eigenvalue weighted by atomic mass is 16.8. The van der Waals surface area contributed by atoms with Crippen LogP contribution in [-0.2, 0) is 9.57 Å². The van der Waals surface area contributed by atoms with Crippen LogP contribution in [0.25, 0.3) is 0 Å². The van der Waals surface area contributed by atoms with Crippen LogP contribution in [0.5, 0.6) is 5.88 Å². The second-order valence-corrected chi connectivity index (χ2v) is 7.48. The molecule has 0 amide bonds. The van der Waals surface area contributed by atoms with E-state index >= 15 is 0 Å². The van der Waals surface area contributed by atoms with E-state index in [0.29, 0.717) is 5.88 Å². The average Bonchev–Trinajstić information content (AvgIpc) is 2.86. The Bertz CT molecular complexity index is 489. The van der Waals surface area contributed by atoms with Crippen molar-refractivity contribution in [2.75, 3.05) is 7.05 Å². The van der Waals surface area contributed by atoms with Gasteiger partial charge in [0.25, 0.3) is 0 Å². The van der Waals surface area contributed by atoms with Crippen LogP contribution in [0, 0.1) is 0 Å². The van der Waals surface area contributed by atoms with E-state index < -0.39 is 11.8 Å². The molecule has 7 nitrogen and oxygen atoms in total. The molecule has 0 fully saturated rings. The minimum atomic E-state index is -0.570. The highest BCUT2D eigenvalue weighted by Gasteiger charge is 2.28. The predicted octanol–water partition coefficient (Wildman–Crippen LogP) is 3.12. The molecule has 0 saturated carbocycles. The zero-order valence-electron chi connectivity index (χ0n) is 16.1. The second kappa shape index (κ2) is 8.62. The molecule has 7 heteroatoms. The van der Waals surface area contributed by atoms with E-state index in [-0.39, 0.29) is 11.8 Å². The van der Waals surface area contributed by atoms with E-state index in [1.807, 2.05) is 60.6 Å². The van der Waals surface area contributed by atoms with Crippen LogP contribution in [-0.4, -0.2) is 47.1 Å². The summed E-state index contributed by atoms with van der Waals surface area (Å²) in [6, 6.07) is 3.70. The summed E-state index contributed by atoms with van der Waals surface area (Å²) in [6.45, 7) is 13.8. The molecule has 138 valence electrons. The highest BCUT2D eigenvalue weighted by molar-refractivity contribution is 5.62. The molecular weight excluding hydrogens is 308 g/mol. The van der Waals surface area contributed by atoms with Crippen LogP contribution in [0.1, 0.15) is 48.5 Å². The van der Waals surface area contributed by atoms with E-state index in [2.05, 4.69) is 15.4 Å². The molecule has 1 aromatic heterocycles. The molecule has 1 heterocycles. The molecule has 0 aliphatic rings. The Kier molecular flexibility index (Phi) is 7.41. The van der Waals surface area contributed by atoms with Gasteiger partial charge >= 0.3 is 0 Å². The molecule has 0 saturated heterocycles. The van der Waals surface area contributed by atoms with Gasteiger partial charge in [0.05, 0.1) is 17.4 Å². The summed E-state index contributed by atoms with van der Waals surface area (Å²) >= 11 is 0. The zero-order chi connectivity index (χ0) is 18.4. The fraction of sp³-hybridized carbons (Fsp3) is 0.706. The van der Waals surface area contributed by atoms with Crippen molar-refractivity contribution in [3.8, 4) is 5.88 Å². The van der Waals surface area contributed by atoms with Crippen molar-refractivity contribution in [3.05, 3.63) is 18.3 Å². The molecule has 0 aliphatic heterocycles. The molecule has 0 spiro atoms. The number of ether oxygens (including phenoxy) is 2. The summed E-state index contributed by atoms with van der Waals surface area (Å²) in [6.07, 6.45) is 2.60. The van der Waals surface area contributed by atoms with E-state index in [9.17, 15) is 0 Å². The summed E-state index contributed by atoms with van der Waals surface area (Å²) in [7, 11) is 1.69. The number of hydroxylamine groups is 1. The number of nitrogens with zero attached hydrogens (tertiary/aromatic N) is 2. The van der Waals surface area contributed by atoms with Crippen LogP contribution in [0.2, 0.25) is 0 Å². The van der Waals surface area contributed by atoms with Gasteiger partial charge in [0, 0.05) is 13.2 Å². The number of hydrazine groups is 1. The van der Waals surface area contributed by atoms with Crippen LogP contribution in [0.15, 0.2) is 23.3 Å². The smallest absolute Gasteiger partial charge is 0.226 e. The van der Waals surface area contributed by atoms with Crippen LogP contribution in [0.3, 0.4) is 0 Å². The van der Waals surface area contributed by atoms with Crippen LogP contribution in [0.4, 0.5) is 0 Å².